The van der Waals surface area contributed by atoms with E-state index in [0.717, 1.165) is 21.3 Å². The second-order valence-corrected chi connectivity index (χ2v) is 6.70. The van der Waals surface area contributed by atoms with Gasteiger partial charge in [-0.2, -0.15) is 0 Å². The van der Waals surface area contributed by atoms with Gasteiger partial charge in [-0.3, -0.25) is 9.20 Å². The topological polar surface area (TPSA) is 90.1 Å². The Balaban J connectivity index is 2.08. The van der Waals surface area contributed by atoms with Crippen molar-refractivity contribution in [1.29, 1.82) is 0 Å². The standard InChI is InChI=1S/C18H15ClN2O5S/c1-3-26-15-10(5-4-6-12(15)25-2)7-8-11-14(19)16(22)21-9-13(17(23)24)27-18(21)20-11/h4-9H,3H2,1-2H3,(H,23,24). The zero-order chi connectivity index (χ0) is 19.6. The van der Waals surface area contributed by atoms with Crippen LogP contribution < -0.4 is 15.0 Å². The van der Waals surface area contributed by atoms with Crippen LogP contribution in [-0.4, -0.2) is 34.2 Å². The van der Waals surface area contributed by atoms with Gasteiger partial charge in [0.2, 0.25) is 0 Å². The third-order valence-electron chi connectivity index (χ3n) is 3.65. The van der Waals surface area contributed by atoms with Crippen molar-refractivity contribution in [3.63, 3.8) is 0 Å². The van der Waals surface area contributed by atoms with Crippen LogP contribution in [-0.2, 0) is 0 Å². The molecule has 2 aromatic heterocycles. The Kier molecular flexibility index (Phi) is 5.48. The van der Waals surface area contributed by atoms with Crippen molar-refractivity contribution in [2.75, 3.05) is 13.7 Å². The number of rotatable bonds is 6. The molecule has 3 aromatic rings. The molecule has 0 atom stereocenters. The summed E-state index contributed by atoms with van der Waals surface area (Å²) in [5, 5.41) is 8.99. The van der Waals surface area contributed by atoms with Gasteiger partial charge in [-0.15, -0.1) is 0 Å². The van der Waals surface area contributed by atoms with Crippen molar-refractivity contribution in [2.24, 2.45) is 0 Å². The van der Waals surface area contributed by atoms with E-state index in [9.17, 15) is 9.59 Å². The quantitative estimate of drug-likeness (QED) is 0.671. The van der Waals surface area contributed by atoms with E-state index in [1.54, 1.807) is 25.3 Å². The fraction of sp³-hybridized carbons (Fsp3) is 0.167. The van der Waals surface area contributed by atoms with Crippen molar-refractivity contribution < 1.29 is 19.4 Å². The Labute approximate surface area is 163 Å². The fourth-order valence-electron chi connectivity index (χ4n) is 2.44. The first-order valence-electron chi connectivity index (χ1n) is 7.89. The van der Waals surface area contributed by atoms with Crippen molar-refractivity contribution in [3.8, 4) is 11.5 Å². The number of thiazole rings is 1. The van der Waals surface area contributed by atoms with Gasteiger partial charge in [0.25, 0.3) is 5.56 Å². The lowest BCUT2D eigenvalue weighted by Gasteiger charge is -2.11. The molecule has 7 nitrogen and oxygen atoms in total. The maximum atomic E-state index is 12.4. The minimum absolute atomic E-state index is 0.00299. The summed E-state index contributed by atoms with van der Waals surface area (Å²) < 4.78 is 12.1. The molecule has 0 unspecified atom stereocenters. The maximum Gasteiger partial charge on any atom is 0.347 e. The number of halogens is 1. The van der Waals surface area contributed by atoms with Gasteiger partial charge in [0, 0.05) is 11.8 Å². The molecule has 140 valence electrons. The highest BCUT2D eigenvalue weighted by Gasteiger charge is 2.15. The number of fused-ring (bicyclic) bond motifs is 1. The van der Waals surface area contributed by atoms with Crippen LogP contribution in [0.1, 0.15) is 27.9 Å². The van der Waals surface area contributed by atoms with E-state index in [0.29, 0.717) is 18.1 Å². The molecule has 0 fully saturated rings. The second kappa shape index (κ2) is 7.81. The van der Waals surface area contributed by atoms with E-state index in [1.165, 1.54) is 6.20 Å². The molecule has 0 saturated heterocycles. The van der Waals surface area contributed by atoms with E-state index >= 15 is 0 Å². The molecule has 3 rings (SSSR count). The number of carboxylic acid groups (broad SMARTS) is 1. The van der Waals surface area contributed by atoms with Crippen LogP contribution in [0.2, 0.25) is 5.02 Å². The molecule has 0 aliphatic rings. The van der Waals surface area contributed by atoms with Crippen LogP contribution in [0.5, 0.6) is 11.5 Å². The van der Waals surface area contributed by atoms with Gasteiger partial charge in [0.15, 0.2) is 16.5 Å². The lowest BCUT2D eigenvalue weighted by Crippen LogP contribution is -2.14. The summed E-state index contributed by atoms with van der Waals surface area (Å²) in [5.41, 5.74) is 0.443. The van der Waals surface area contributed by atoms with E-state index in [4.69, 9.17) is 26.2 Å². The summed E-state index contributed by atoms with van der Waals surface area (Å²) in [6, 6.07) is 5.43. The summed E-state index contributed by atoms with van der Waals surface area (Å²) in [6.07, 6.45) is 4.51. The number of para-hydroxylation sites is 1. The third kappa shape index (κ3) is 3.67. The number of ether oxygens (including phenoxy) is 2. The molecule has 0 radical (unpaired) electrons. The van der Waals surface area contributed by atoms with Crippen LogP contribution in [0.3, 0.4) is 0 Å². The van der Waals surface area contributed by atoms with Gasteiger partial charge in [-0.05, 0) is 25.1 Å². The number of aromatic nitrogens is 2. The zero-order valence-electron chi connectivity index (χ0n) is 14.4. The molecule has 0 bridgehead atoms. The molecule has 0 aliphatic heterocycles. The Bertz CT molecular complexity index is 1100. The Morgan fingerprint density at radius 2 is 2.19 bits per heavy atom. The lowest BCUT2D eigenvalue weighted by molar-refractivity contribution is 0.0701. The van der Waals surface area contributed by atoms with Gasteiger partial charge in [0.1, 0.15) is 9.90 Å². The first-order valence-corrected chi connectivity index (χ1v) is 9.08. The van der Waals surface area contributed by atoms with Gasteiger partial charge >= 0.3 is 5.97 Å². The number of hydrogen-bond donors (Lipinski definition) is 1. The third-order valence-corrected chi connectivity index (χ3v) is 4.98. The minimum Gasteiger partial charge on any atom is -0.493 e. The van der Waals surface area contributed by atoms with Gasteiger partial charge in [-0.25, -0.2) is 9.78 Å². The molecule has 1 aromatic carbocycles. The summed E-state index contributed by atoms with van der Waals surface area (Å²) in [6.45, 7) is 2.32. The molecule has 0 spiro atoms. The smallest absolute Gasteiger partial charge is 0.347 e. The number of carboxylic acids is 1. The van der Waals surface area contributed by atoms with E-state index in [-0.39, 0.29) is 20.6 Å². The highest BCUT2D eigenvalue weighted by atomic mass is 35.5. The average molecular weight is 407 g/mol. The molecule has 27 heavy (non-hydrogen) atoms. The number of methoxy groups -OCH3 is 1. The molecule has 0 saturated carbocycles. The van der Waals surface area contributed by atoms with Crippen LogP contribution in [0.25, 0.3) is 17.1 Å². The molecule has 0 amide bonds. The highest BCUT2D eigenvalue weighted by molar-refractivity contribution is 7.18. The Morgan fingerprint density at radius 1 is 1.41 bits per heavy atom. The van der Waals surface area contributed by atoms with Crippen molar-refractivity contribution in [1.82, 2.24) is 9.38 Å². The molecule has 1 N–H and O–H groups in total. The minimum atomic E-state index is -1.13. The molecular weight excluding hydrogens is 392 g/mol. The van der Waals surface area contributed by atoms with E-state index < -0.39 is 11.5 Å². The van der Waals surface area contributed by atoms with Crippen molar-refractivity contribution in [2.45, 2.75) is 6.92 Å². The first kappa shape index (κ1) is 18.9. The largest absolute Gasteiger partial charge is 0.493 e. The van der Waals surface area contributed by atoms with Gasteiger partial charge in [-0.1, -0.05) is 35.1 Å². The normalized spacial score (nSPS) is 11.2. The number of carbonyl (C=O) groups is 1. The van der Waals surface area contributed by atoms with Crippen LogP contribution >= 0.6 is 22.9 Å². The van der Waals surface area contributed by atoms with Crippen molar-refractivity contribution in [3.05, 3.63) is 55.9 Å². The maximum absolute atomic E-state index is 12.4. The molecule has 9 heteroatoms. The highest BCUT2D eigenvalue weighted by Crippen LogP contribution is 2.32. The lowest BCUT2D eigenvalue weighted by atomic mass is 10.1. The number of aromatic carboxylic acids is 1. The Morgan fingerprint density at radius 3 is 2.85 bits per heavy atom. The summed E-state index contributed by atoms with van der Waals surface area (Å²) >= 11 is 7.04. The number of nitrogens with zero attached hydrogens (tertiary/aromatic N) is 2. The fourth-order valence-corrected chi connectivity index (χ4v) is 3.45. The van der Waals surface area contributed by atoms with E-state index in [1.807, 2.05) is 19.1 Å². The average Bonchev–Trinajstić information content (AvgIpc) is 3.09. The Hall–Kier alpha value is -2.84. The second-order valence-electron chi connectivity index (χ2n) is 5.31. The predicted octanol–water partition coefficient (Wildman–Crippen LogP) is 3.69. The van der Waals surface area contributed by atoms with Gasteiger partial charge < -0.3 is 14.6 Å². The zero-order valence-corrected chi connectivity index (χ0v) is 16.0. The van der Waals surface area contributed by atoms with E-state index in [2.05, 4.69) is 4.98 Å². The van der Waals surface area contributed by atoms with Crippen LogP contribution in [0.15, 0.2) is 29.2 Å². The van der Waals surface area contributed by atoms with Crippen LogP contribution in [0.4, 0.5) is 0 Å². The van der Waals surface area contributed by atoms with Crippen molar-refractivity contribution >= 4 is 46.0 Å². The first-order chi connectivity index (χ1) is 13.0. The summed E-state index contributed by atoms with van der Waals surface area (Å²) in [4.78, 5) is 28.1. The number of benzene rings is 1. The summed E-state index contributed by atoms with van der Waals surface area (Å²) in [5.74, 6) is 0.0192. The monoisotopic (exact) mass is 406 g/mol. The van der Waals surface area contributed by atoms with Crippen LogP contribution in [0, 0.1) is 0 Å². The SMILES string of the molecule is CCOc1c(C=Cc2nc3sc(C(=O)O)cn3c(=O)c2Cl)cccc1OC. The number of hydrogen-bond acceptors (Lipinski definition) is 6. The molecule has 0 aliphatic carbocycles. The molecular formula is C18H15ClN2O5S. The molecule has 2 heterocycles. The summed E-state index contributed by atoms with van der Waals surface area (Å²) in [7, 11) is 1.55. The predicted molar refractivity (Wildman–Crippen MR) is 104 cm³/mol. The van der Waals surface area contributed by atoms with Gasteiger partial charge in [0.05, 0.1) is 19.4 Å².